The number of rotatable bonds is 0. The van der Waals surface area contributed by atoms with Crippen LogP contribution in [0.5, 0.6) is 11.5 Å². The van der Waals surface area contributed by atoms with Crippen LogP contribution >= 0.6 is 46.4 Å². The Hall–Kier alpha value is -1.22. The Kier molecular flexibility index (Phi) is 15.9. The van der Waals surface area contributed by atoms with Crippen molar-refractivity contribution in [1.29, 1.82) is 0 Å². The SMILES string of the molecule is Oc1cccc(Cl)c1Cl.Oc1cccc(Cl)c1Cl.[Zr+2].c1cc[cH-]c1.c1cc[cH-]c1. The van der Waals surface area contributed by atoms with Gasteiger partial charge in [-0.2, -0.15) is 36.4 Å². The van der Waals surface area contributed by atoms with Gasteiger partial charge in [-0.1, -0.05) is 58.5 Å². The molecule has 0 aliphatic rings. The number of aromatic hydroxyl groups is 2. The van der Waals surface area contributed by atoms with Gasteiger partial charge in [-0.05, 0) is 24.3 Å². The molecule has 0 spiro atoms. The molecule has 4 aromatic rings. The molecule has 4 rings (SSSR count). The molecule has 29 heavy (non-hydrogen) atoms. The Morgan fingerprint density at radius 2 is 0.828 bits per heavy atom. The van der Waals surface area contributed by atoms with Gasteiger partial charge in [0.2, 0.25) is 0 Å². The van der Waals surface area contributed by atoms with E-state index < -0.39 is 0 Å². The van der Waals surface area contributed by atoms with Crippen LogP contribution in [0.25, 0.3) is 0 Å². The average molecular weight is 547 g/mol. The zero-order valence-electron chi connectivity index (χ0n) is 15.1. The predicted octanol–water partition coefficient (Wildman–Crippen LogP) is 8.21. The van der Waals surface area contributed by atoms with Gasteiger partial charge >= 0.3 is 26.2 Å². The standard InChI is InChI=1S/2C6H4Cl2O.2C5H5.Zr/c2*7-4-2-1-3-5(9)6(4)8;2*1-2-4-5-3-1;/h2*1-3,9H;2*1-5H;/q;;2*-1;+2. The minimum Gasteiger partial charge on any atom is -0.506 e. The molecule has 0 unspecified atom stereocenters. The molecule has 0 saturated carbocycles. The number of hydrogen-bond acceptors (Lipinski definition) is 2. The Morgan fingerprint density at radius 3 is 1.00 bits per heavy atom. The van der Waals surface area contributed by atoms with Crippen LogP contribution < -0.4 is 0 Å². The van der Waals surface area contributed by atoms with Crippen LogP contribution in [0.3, 0.4) is 0 Å². The van der Waals surface area contributed by atoms with Crippen LogP contribution in [0.15, 0.2) is 97.1 Å². The minimum atomic E-state index is 0. The van der Waals surface area contributed by atoms with E-state index >= 15 is 0 Å². The van der Waals surface area contributed by atoms with E-state index in [1.54, 1.807) is 24.3 Å². The van der Waals surface area contributed by atoms with E-state index in [1.807, 2.05) is 60.7 Å². The fourth-order valence-electron chi connectivity index (χ4n) is 1.63. The summed E-state index contributed by atoms with van der Waals surface area (Å²) in [5.41, 5.74) is 0. The first-order chi connectivity index (χ1) is 13.4. The van der Waals surface area contributed by atoms with Crippen molar-refractivity contribution >= 4 is 46.4 Å². The smallest absolute Gasteiger partial charge is 0.506 e. The van der Waals surface area contributed by atoms with Gasteiger partial charge in [-0.25, -0.2) is 24.3 Å². The Balaban J connectivity index is 0.000000369. The first-order valence-electron chi connectivity index (χ1n) is 8.02. The van der Waals surface area contributed by atoms with Crippen molar-refractivity contribution in [3.8, 4) is 11.5 Å². The maximum Gasteiger partial charge on any atom is 2.00 e. The third-order valence-corrected chi connectivity index (χ3v) is 4.59. The molecular weight excluding hydrogens is 529 g/mol. The molecular formula is C22H18Cl4O2Zr. The van der Waals surface area contributed by atoms with E-state index in [0.29, 0.717) is 10.0 Å². The van der Waals surface area contributed by atoms with Crippen molar-refractivity contribution in [2.24, 2.45) is 0 Å². The van der Waals surface area contributed by atoms with E-state index in [4.69, 9.17) is 56.6 Å². The maximum absolute atomic E-state index is 8.88. The van der Waals surface area contributed by atoms with Gasteiger partial charge in [0.25, 0.3) is 0 Å². The number of hydrogen-bond donors (Lipinski definition) is 2. The molecule has 150 valence electrons. The van der Waals surface area contributed by atoms with Crippen molar-refractivity contribution < 1.29 is 36.4 Å². The fraction of sp³-hybridized carbons (Fsp3) is 0. The zero-order valence-corrected chi connectivity index (χ0v) is 20.6. The number of phenolic OH excluding ortho intramolecular Hbond substituents is 2. The molecule has 0 heterocycles. The second-order valence-electron chi connectivity index (χ2n) is 5.07. The molecule has 0 aromatic heterocycles. The Bertz CT molecular complexity index is 745. The number of phenols is 2. The Morgan fingerprint density at radius 1 is 0.517 bits per heavy atom. The molecule has 0 fully saturated rings. The van der Waals surface area contributed by atoms with Gasteiger partial charge in [-0.15, -0.1) is 0 Å². The van der Waals surface area contributed by atoms with Gasteiger partial charge in [0, 0.05) is 0 Å². The zero-order chi connectivity index (χ0) is 20.8. The summed E-state index contributed by atoms with van der Waals surface area (Å²) in [5, 5.41) is 18.9. The summed E-state index contributed by atoms with van der Waals surface area (Å²) in [7, 11) is 0. The van der Waals surface area contributed by atoms with Crippen molar-refractivity contribution in [1.82, 2.24) is 0 Å². The van der Waals surface area contributed by atoms with Crippen molar-refractivity contribution in [2.45, 2.75) is 0 Å². The van der Waals surface area contributed by atoms with Gasteiger partial charge in [0.1, 0.15) is 21.5 Å². The van der Waals surface area contributed by atoms with Crippen LogP contribution in [0.2, 0.25) is 20.1 Å². The van der Waals surface area contributed by atoms with Gasteiger partial charge < -0.3 is 10.2 Å². The van der Waals surface area contributed by atoms with E-state index in [2.05, 4.69) is 0 Å². The summed E-state index contributed by atoms with van der Waals surface area (Å²) in [6, 6.07) is 29.4. The third kappa shape index (κ3) is 12.2. The number of halogens is 4. The summed E-state index contributed by atoms with van der Waals surface area (Å²) < 4.78 is 0. The quantitative estimate of drug-likeness (QED) is 0.218. The van der Waals surface area contributed by atoms with Crippen LogP contribution in [0, 0.1) is 0 Å². The molecule has 0 amide bonds. The molecule has 0 saturated heterocycles. The van der Waals surface area contributed by atoms with E-state index in [0.717, 1.165) is 0 Å². The van der Waals surface area contributed by atoms with Gasteiger partial charge in [-0.3, -0.25) is 0 Å². The molecule has 0 aliphatic heterocycles. The summed E-state index contributed by atoms with van der Waals surface area (Å²) in [5.74, 6) is 0.0355. The van der Waals surface area contributed by atoms with Gasteiger partial charge in [0.05, 0.1) is 10.0 Å². The van der Waals surface area contributed by atoms with Crippen molar-refractivity contribution in [3.05, 3.63) is 117 Å². The first-order valence-corrected chi connectivity index (χ1v) is 9.54. The molecule has 0 radical (unpaired) electrons. The fourth-order valence-corrected chi connectivity index (χ4v) is 2.22. The molecule has 2 nitrogen and oxygen atoms in total. The topological polar surface area (TPSA) is 40.5 Å². The van der Waals surface area contributed by atoms with Crippen molar-refractivity contribution in [3.63, 3.8) is 0 Å². The van der Waals surface area contributed by atoms with E-state index in [9.17, 15) is 0 Å². The number of benzene rings is 2. The molecule has 2 N–H and O–H groups in total. The molecule has 0 bridgehead atoms. The van der Waals surface area contributed by atoms with E-state index in [1.165, 1.54) is 12.1 Å². The predicted molar refractivity (Wildman–Crippen MR) is 120 cm³/mol. The maximum atomic E-state index is 8.88. The third-order valence-electron chi connectivity index (χ3n) is 2.97. The molecule has 4 aromatic carbocycles. The second-order valence-corrected chi connectivity index (χ2v) is 6.64. The first kappa shape index (κ1) is 27.8. The van der Waals surface area contributed by atoms with Crippen LogP contribution in [-0.2, 0) is 26.2 Å². The second kappa shape index (κ2) is 16.6. The summed E-state index contributed by atoms with van der Waals surface area (Å²) in [6.07, 6.45) is 0. The van der Waals surface area contributed by atoms with Gasteiger partial charge in [0.15, 0.2) is 0 Å². The largest absolute Gasteiger partial charge is 2.00 e. The van der Waals surface area contributed by atoms with Crippen molar-refractivity contribution in [2.75, 3.05) is 0 Å². The summed E-state index contributed by atoms with van der Waals surface area (Å²) >= 11 is 22.0. The van der Waals surface area contributed by atoms with Crippen LogP contribution in [0.1, 0.15) is 0 Å². The normalized spacial score (nSPS) is 8.69. The molecule has 0 atom stereocenters. The van der Waals surface area contributed by atoms with Crippen LogP contribution in [-0.4, -0.2) is 10.2 Å². The minimum absolute atomic E-state index is 0. The average Bonchev–Trinajstić information content (AvgIpc) is 3.43. The molecule has 7 heteroatoms. The summed E-state index contributed by atoms with van der Waals surface area (Å²) in [4.78, 5) is 0. The monoisotopic (exact) mass is 544 g/mol. The van der Waals surface area contributed by atoms with Crippen LogP contribution in [0.4, 0.5) is 0 Å². The molecule has 0 aliphatic carbocycles. The van der Waals surface area contributed by atoms with E-state index in [-0.39, 0.29) is 47.7 Å². The Labute approximate surface area is 210 Å². The summed E-state index contributed by atoms with van der Waals surface area (Å²) in [6.45, 7) is 0.